The lowest BCUT2D eigenvalue weighted by Gasteiger charge is -2.06. The van der Waals surface area contributed by atoms with Gasteiger partial charge in [-0.05, 0) is 57.2 Å². The van der Waals surface area contributed by atoms with E-state index in [0.717, 1.165) is 16.6 Å². The van der Waals surface area contributed by atoms with Gasteiger partial charge in [-0.3, -0.25) is 0 Å². The first-order chi connectivity index (χ1) is 13.1. The van der Waals surface area contributed by atoms with E-state index in [4.69, 9.17) is 14.2 Å². The second kappa shape index (κ2) is 10.6. The highest BCUT2D eigenvalue weighted by molar-refractivity contribution is 5.76. The van der Waals surface area contributed by atoms with Crippen molar-refractivity contribution in [2.45, 2.75) is 46.5 Å². The molecule has 5 nitrogen and oxygen atoms in total. The van der Waals surface area contributed by atoms with Crippen LogP contribution in [0.2, 0.25) is 0 Å². The summed E-state index contributed by atoms with van der Waals surface area (Å²) >= 11 is 0. The van der Waals surface area contributed by atoms with Crippen molar-refractivity contribution in [1.82, 2.24) is 9.97 Å². The summed E-state index contributed by atoms with van der Waals surface area (Å²) in [5.74, 6) is 12.3. The average molecular weight is 366 g/mol. The zero-order valence-electron chi connectivity index (χ0n) is 16.6. The van der Waals surface area contributed by atoms with Gasteiger partial charge in [0.15, 0.2) is 0 Å². The van der Waals surface area contributed by atoms with E-state index in [1.807, 2.05) is 45.9 Å². The molecule has 0 N–H and O–H groups in total. The molecule has 1 heterocycles. The van der Waals surface area contributed by atoms with Crippen LogP contribution in [-0.4, -0.2) is 42.5 Å². The Kier molecular flexibility index (Phi) is 8.23. The quantitative estimate of drug-likeness (QED) is 0.734. The van der Waals surface area contributed by atoms with Gasteiger partial charge in [0.25, 0.3) is 0 Å². The molecule has 0 fully saturated rings. The van der Waals surface area contributed by atoms with E-state index in [2.05, 4.69) is 33.6 Å². The fraction of sp³-hybridized carbons (Fsp3) is 0.455. The van der Waals surface area contributed by atoms with Gasteiger partial charge in [-0.25, -0.2) is 9.97 Å². The van der Waals surface area contributed by atoms with Crippen molar-refractivity contribution in [1.29, 1.82) is 0 Å². The molecule has 5 heteroatoms. The summed E-state index contributed by atoms with van der Waals surface area (Å²) in [6, 6.07) is 5.86. The Hall–Kier alpha value is -2.44. The second-order valence-corrected chi connectivity index (χ2v) is 5.91. The van der Waals surface area contributed by atoms with Gasteiger partial charge in [0.05, 0.1) is 17.6 Å². The molecule has 1 aromatic carbocycles. The van der Waals surface area contributed by atoms with Crippen LogP contribution < -0.4 is 0 Å². The largest absolute Gasteiger partial charge is 0.380 e. The van der Waals surface area contributed by atoms with Crippen LogP contribution in [0.1, 0.15) is 44.6 Å². The van der Waals surface area contributed by atoms with Gasteiger partial charge in [0.1, 0.15) is 23.6 Å². The van der Waals surface area contributed by atoms with Gasteiger partial charge < -0.3 is 14.2 Å². The average Bonchev–Trinajstić information content (AvgIpc) is 2.65. The molecule has 142 valence electrons. The molecule has 0 aliphatic carbocycles. The van der Waals surface area contributed by atoms with E-state index >= 15 is 0 Å². The number of nitrogens with zero attached hydrogens (tertiary/aromatic N) is 2. The zero-order chi connectivity index (χ0) is 19.6. The highest BCUT2D eigenvalue weighted by Gasteiger charge is 2.07. The van der Waals surface area contributed by atoms with Crippen LogP contribution in [-0.2, 0) is 20.8 Å². The first-order valence-corrected chi connectivity index (χ1v) is 9.13. The van der Waals surface area contributed by atoms with Crippen LogP contribution >= 0.6 is 0 Å². The number of methoxy groups -OCH3 is 1. The molecule has 1 aromatic heterocycles. The molecule has 2 unspecified atom stereocenters. The normalized spacial score (nSPS) is 12.6. The van der Waals surface area contributed by atoms with Crippen LogP contribution in [0, 0.1) is 23.7 Å². The summed E-state index contributed by atoms with van der Waals surface area (Å²) < 4.78 is 16.1. The number of benzene rings is 1. The van der Waals surface area contributed by atoms with Gasteiger partial charge in [-0.1, -0.05) is 17.9 Å². The predicted molar refractivity (Wildman–Crippen MR) is 106 cm³/mol. The minimum absolute atomic E-state index is 0.181. The minimum atomic E-state index is -0.185. The molecule has 0 radical (unpaired) electrons. The first kappa shape index (κ1) is 20.9. The molecule has 0 saturated heterocycles. The van der Waals surface area contributed by atoms with Crippen molar-refractivity contribution in [3.8, 4) is 23.7 Å². The molecular weight excluding hydrogens is 340 g/mol. The number of hydrogen-bond donors (Lipinski definition) is 0. The molecule has 2 aromatic rings. The van der Waals surface area contributed by atoms with E-state index in [9.17, 15) is 0 Å². The van der Waals surface area contributed by atoms with E-state index in [1.54, 1.807) is 7.11 Å². The summed E-state index contributed by atoms with van der Waals surface area (Å²) in [6.45, 7) is 9.44. The van der Waals surface area contributed by atoms with Crippen molar-refractivity contribution >= 4 is 11.0 Å². The zero-order valence-corrected chi connectivity index (χ0v) is 16.6. The lowest BCUT2D eigenvalue weighted by atomic mass is 10.2. The maximum absolute atomic E-state index is 5.48. The highest BCUT2D eigenvalue weighted by atomic mass is 16.5. The molecule has 0 bridgehead atoms. The third-order valence-corrected chi connectivity index (χ3v) is 3.66. The fourth-order valence-corrected chi connectivity index (χ4v) is 2.45. The third-order valence-electron chi connectivity index (χ3n) is 3.66. The minimum Gasteiger partial charge on any atom is -0.380 e. The van der Waals surface area contributed by atoms with Crippen molar-refractivity contribution < 1.29 is 14.2 Å². The SMILES string of the molecule is CCOC(C)C#Cc1nc2ccc(COC)cc2nc1C#CC(C)OCC. The van der Waals surface area contributed by atoms with E-state index in [-0.39, 0.29) is 12.2 Å². The van der Waals surface area contributed by atoms with Crippen LogP contribution in [0.5, 0.6) is 0 Å². The lowest BCUT2D eigenvalue weighted by molar-refractivity contribution is 0.116. The Morgan fingerprint density at radius 1 is 0.889 bits per heavy atom. The molecule has 0 aliphatic rings. The molecule has 27 heavy (non-hydrogen) atoms. The summed E-state index contributed by atoms with van der Waals surface area (Å²) in [5, 5.41) is 0. The molecule has 0 saturated carbocycles. The van der Waals surface area contributed by atoms with Gasteiger partial charge in [-0.2, -0.15) is 0 Å². The summed E-state index contributed by atoms with van der Waals surface area (Å²) in [7, 11) is 1.67. The highest BCUT2D eigenvalue weighted by Crippen LogP contribution is 2.15. The van der Waals surface area contributed by atoms with E-state index in [0.29, 0.717) is 31.2 Å². The second-order valence-electron chi connectivity index (χ2n) is 5.91. The molecule has 2 rings (SSSR count). The van der Waals surface area contributed by atoms with Crippen LogP contribution in [0.4, 0.5) is 0 Å². The smallest absolute Gasteiger partial charge is 0.148 e. The summed E-state index contributed by atoms with van der Waals surface area (Å²) in [4.78, 5) is 9.34. The van der Waals surface area contributed by atoms with E-state index < -0.39 is 0 Å². The Morgan fingerprint density at radius 2 is 1.44 bits per heavy atom. The number of ether oxygens (including phenoxy) is 3. The standard InChI is InChI=1S/C22H26N2O3/c1-6-26-16(3)8-11-19-20(12-9-17(4)27-7-2)24-22-14-18(15-25-5)10-13-21(22)23-19/h10,13-14,16-17H,6-7,15H2,1-5H3. The number of aromatic nitrogens is 2. The molecule has 0 aliphatic heterocycles. The Bertz CT molecular complexity index is 887. The molecule has 0 spiro atoms. The summed E-state index contributed by atoms with van der Waals surface area (Å²) in [5.41, 5.74) is 3.65. The van der Waals surface area contributed by atoms with Crippen LogP contribution in [0.25, 0.3) is 11.0 Å². The molecular formula is C22H26N2O3. The number of hydrogen-bond acceptors (Lipinski definition) is 5. The maximum Gasteiger partial charge on any atom is 0.148 e. The van der Waals surface area contributed by atoms with Crippen molar-refractivity contribution in [3.05, 3.63) is 35.2 Å². The summed E-state index contributed by atoms with van der Waals surface area (Å²) in [6.07, 6.45) is -0.366. The predicted octanol–water partition coefficient (Wildman–Crippen LogP) is 3.33. The number of rotatable bonds is 6. The Labute approximate surface area is 161 Å². The van der Waals surface area contributed by atoms with E-state index in [1.165, 1.54) is 0 Å². The third kappa shape index (κ3) is 6.34. The monoisotopic (exact) mass is 366 g/mol. The first-order valence-electron chi connectivity index (χ1n) is 9.13. The van der Waals surface area contributed by atoms with Gasteiger partial charge in [-0.15, -0.1) is 0 Å². The topological polar surface area (TPSA) is 53.5 Å². The van der Waals surface area contributed by atoms with Crippen molar-refractivity contribution in [3.63, 3.8) is 0 Å². The fourth-order valence-electron chi connectivity index (χ4n) is 2.45. The van der Waals surface area contributed by atoms with Gasteiger partial charge in [0.2, 0.25) is 0 Å². The van der Waals surface area contributed by atoms with Gasteiger partial charge >= 0.3 is 0 Å². The Morgan fingerprint density at radius 3 is 1.96 bits per heavy atom. The van der Waals surface area contributed by atoms with Crippen molar-refractivity contribution in [2.75, 3.05) is 20.3 Å². The lowest BCUT2D eigenvalue weighted by Crippen LogP contribution is -2.06. The van der Waals surface area contributed by atoms with Crippen molar-refractivity contribution in [2.24, 2.45) is 0 Å². The van der Waals surface area contributed by atoms with Gasteiger partial charge in [0, 0.05) is 20.3 Å². The number of fused-ring (bicyclic) bond motifs is 1. The molecule has 0 amide bonds. The maximum atomic E-state index is 5.48. The van der Waals surface area contributed by atoms with Crippen LogP contribution in [0.3, 0.4) is 0 Å². The molecule has 2 atom stereocenters. The Balaban J connectivity index is 2.49. The van der Waals surface area contributed by atoms with Crippen LogP contribution in [0.15, 0.2) is 18.2 Å².